The number of carbonyl (C=O) groups is 1. The van der Waals surface area contributed by atoms with Crippen LogP contribution in [-0.2, 0) is 17.9 Å². The van der Waals surface area contributed by atoms with E-state index >= 15 is 0 Å². The minimum Gasteiger partial charge on any atom is -0.357 e. The van der Waals surface area contributed by atoms with Crippen molar-refractivity contribution < 1.29 is 4.79 Å². The van der Waals surface area contributed by atoms with Gasteiger partial charge >= 0.3 is 0 Å². The molecule has 5 nitrogen and oxygen atoms in total. The van der Waals surface area contributed by atoms with Crippen LogP contribution >= 0.6 is 0 Å². The Morgan fingerprint density at radius 1 is 1.11 bits per heavy atom. The van der Waals surface area contributed by atoms with Crippen molar-refractivity contribution in [2.75, 3.05) is 11.9 Å². The van der Waals surface area contributed by atoms with Crippen LogP contribution in [-0.4, -0.2) is 18.4 Å². The average molecular weight is 379 g/mol. The number of guanidine groups is 1. The van der Waals surface area contributed by atoms with Crippen LogP contribution in [0.1, 0.15) is 42.9 Å². The first kappa shape index (κ1) is 19.9. The number of carbonyl (C=O) groups excluding carboxylic acids is 1. The lowest BCUT2D eigenvalue weighted by molar-refractivity contribution is -0.122. The summed E-state index contributed by atoms with van der Waals surface area (Å²) < 4.78 is 0. The highest BCUT2D eigenvalue weighted by atomic mass is 16.1. The van der Waals surface area contributed by atoms with Crippen molar-refractivity contribution >= 4 is 17.6 Å². The molecular formula is C23H30N4O. The second-order valence-electron chi connectivity index (χ2n) is 7.29. The third-order valence-corrected chi connectivity index (χ3v) is 5.14. The number of rotatable bonds is 7. The summed E-state index contributed by atoms with van der Waals surface area (Å²) in [6.07, 6.45) is 3.18. The highest BCUT2D eigenvalue weighted by molar-refractivity contribution is 5.93. The summed E-state index contributed by atoms with van der Waals surface area (Å²) in [6, 6.07) is 16.3. The number of amides is 1. The molecule has 0 unspecified atom stereocenters. The Kier molecular flexibility index (Phi) is 7.06. The molecule has 0 aromatic heterocycles. The molecule has 1 fully saturated rings. The molecule has 2 aromatic carbocycles. The standard InChI is InChI=1S/C23H30N4O/c1-3-24-23(26-16-20-10-5-4-8-17(20)2)25-15-18-9-6-13-21(14-18)27-22(28)19-11-7-12-19/h4-6,8-10,13-14,19H,3,7,11-12,15-16H2,1-2H3,(H,27,28)(H2,24,25,26). The van der Waals surface area contributed by atoms with Crippen molar-refractivity contribution in [3.8, 4) is 0 Å². The molecule has 0 spiro atoms. The second kappa shape index (κ2) is 9.93. The van der Waals surface area contributed by atoms with Gasteiger partial charge in [-0.3, -0.25) is 4.79 Å². The number of aliphatic imine (C=N–C) groups is 1. The number of hydrogen-bond acceptors (Lipinski definition) is 2. The van der Waals surface area contributed by atoms with E-state index in [0.29, 0.717) is 6.54 Å². The van der Waals surface area contributed by atoms with Crippen LogP contribution in [0.2, 0.25) is 0 Å². The monoisotopic (exact) mass is 378 g/mol. The second-order valence-corrected chi connectivity index (χ2v) is 7.29. The Labute approximate surface area is 167 Å². The fourth-order valence-electron chi connectivity index (χ4n) is 3.16. The molecule has 0 bridgehead atoms. The number of aryl methyl sites for hydroxylation is 1. The summed E-state index contributed by atoms with van der Waals surface area (Å²) in [6.45, 7) is 6.26. The third kappa shape index (κ3) is 5.59. The first-order valence-corrected chi connectivity index (χ1v) is 10.1. The molecule has 148 valence electrons. The van der Waals surface area contributed by atoms with E-state index < -0.39 is 0 Å². The molecule has 0 atom stereocenters. The Morgan fingerprint density at radius 2 is 1.93 bits per heavy atom. The summed E-state index contributed by atoms with van der Waals surface area (Å²) in [5.74, 6) is 1.11. The smallest absolute Gasteiger partial charge is 0.227 e. The maximum Gasteiger partial charge on any atom is 0.227 e. The van der Waals surface area contributed by atoms with E-state index in [1.807, 2.05) is 24.3 Å². The van der Waals surface area contributed by atoms with Crippen molar-refractivity contribution in [2.45, 2.75) is 46.2 Å². The van der Waals surface area contributed by atoms with E-state index in [1.165, 1.54) is 11.1 Å². The molecule has 3 rings (SSSR count). The minimum atomic E-state index is 0.139. The van der Waals surface area contributed by atoms with Gasteiger partial charge in [0.25, 0.3) is 0 Å². The van der Waals surface area contributed by atoms with E-state index in [2.05, 4.69) is 54.1 Å². The molecule has 0 radical (unpaired) electrons. The third-order valence-electron chi connectivity index (χ3n) is 5.14. The molecule has 5 heteroatoms. The molecule has 28 heavy (non-hydrogen) atoms. The van der Waals surface area contributed by atoms with Crippen LogP contribution < -0.4 is 16.0 Å². The summed E-state index contributed by atoms with van der Waals surface area (Å²) >= 11 is 0. The fourth-order valence-corrected chi connectivity index (χ4v) is 3.16. The van der Waals surface area contributed by atoms with Gasteiger partial charge in [-0.2, -0.15) is 0 Å². The van der Waals surface area contributed by atoms with Crippen molar-refractivity contribution in [1.29, 1.82) is 0 Å². The van der Waals surface area contributed by atoms with E-state index in [-0.39, 0.29) is 11.8 Å². The summed E-state index contributed by atoms with van der Waals surface area (Å²) in [4.78, 5) is 16.8. The normalized spacial score (nSPS) is 14.3. The predicted octanol–water partition coefficient (Wildman–Crippen LogP) is 3.99. The predicted molar refractivity (Wildman–Crippen MR) is 115 cm³/mol. The maximum absolute atomic E-state index is 12.1. The van der Waals surface area contributed by atoms with Crippen LogP contribution in [0, 0.1) is 12.8 Å². The summed E-state index contributed by atoms with van der Waals surface area (Å²) in [5, 5.41) is 9.71. The van der Waals surface area contributed by atoms with Gasteiger partial charge in [-0.15, -0.1) is 0 Å². The number of anilines is 1. The zero-order valence-electron chi connectivity index (χ0n) is 16.8. The average Bonchev–Trinajstić information content (AvgIpc) is 2.64. The van der Waals surface area contributed by atoms with Gasteiger partial charge in [0, 0.05) is 24.7 Å². The minimum absolute atomic E-state index is 0.139. The van der Waals surface area contributed by atoms with Gasteiger partial charge < -0.3 is 16.0 Å². The molecule has 0 saturated heterocycles. The van der Waals surface area contributed by atoms with Gasteiger partial charge in [-0.05, 0) is 55.5 Å². The van der Waals surface area contributed by atoms with Crippen molar-refractivity contribution in [2.24, 2.45) is 10.9 Å². The highest BCUT2D eigenvalue weighted by Crippen LogP contribution is 2.27. The Balaban J connectivity index is 1.59. The number of nitrogens with zero attached hydrogens (tertiary/aromatic N) is 1. The zero-order valence-corrected chi connectivity index (χ0v) is 16.8. The number of nitrogens with one attached hydrogen (secondary N) is 3. The zero-order chi connectivity index (χ0) is 19.8. The van der Waals surface area contributed by atoms with E-state index in [9.17, 15) is 4.79 Å². The van der Waals surface area contributed by atoms with Gasteiger partial charge in [0.1, 0.15) is 0 Å². The first-order chi connectivity index (χ1) is 13.7. The molecule has 2 aromatic rings. The fraction of sp³-hybridized carbons (Fsp3) is 0.391. The van der Waals surface area contributed by atoms with Gasteiger partial charge in [-0.1, -0.05) is 42.8 Å². The van der Waals surface area contributed by atoms with Gasteiger partial charge in [0.15, 0.2) is 5.96 Å². The molecular weight excluding hydrogens is 348 g/mol. The molecule has 0 heterocycles. The SMILES string of the molecule is CCNC(=NCc1cccc(NC(=O)C2CCC2)c1)NCc1ccccc1C. The Bertz CT molecular complexity index is 827. The molecule has 1 saturated carbocycles. The molecule has 0 aliphatic heterocycles. The van der Waals surface area contributed by atoms with Crippen LogP contribution in [0.25, 0.3) is 0 Å². The summed E-state index contributed by atoms with van der Waals surface area (Å²) in [5.41, 5.74) is 4.44. The quantitative estimate of drug-likeness (QED) is 0.504. The van der Waals surface area contributed by atoms with Crippen LogP contribution in [0.3, 0.4) is 0 Å². The van der Waals surface area contributed by atoms with Crippen molar-refractivity contribution in [3.05, 3.63) is 65.2 Å². The van der Waals surface area contributed by atoms with Crippen molar-refractivity contribution in [1.82, 2.24) is 10.6 Å². The van der Waals surface area contributed by atoms with E-state index in [4.69, 9.17) is 4.99 Å². The maximum atomic E-state index is 12.1. The first-order valence-electron chi connectivity index (χ1n) is 10.1. The highest BCUT2D eigenvalue weighted by Gasteiger charge is 2.25. The van der Waals surface area contributed by atoms with Crippen LogP contribution in [0.15, 0.2) is 53.5 Å². The van der Waals surface area contributed by atoms with E-state index in [1.54, 1.807) is 0 Å². The lowest BCUT2D eigenvalue weighted by Crippen LogP contribution is -2.36. The van der Waals surface area contributed by atoms with Crippen molar-refractivity contribution in [3.63, 3.8) is 0 Å². The lowest BCUT2D eigenvalue weighted by atomic mass is 9.85. The van der Waals surface area contributed by atoms with Gasteiger partial charge in [0.2, 0.25) is 5.91 Å². The van der Waals surface area contributed by atoms with Gasteiger partial charge in [0.05, 0.1) is 6.54 Å². The molecule has 1 amide bonds. The summed E-state index contributed by atoms with van der Waals surface area (Å²) in [7, 11) is 0. The van der Waals surface area contributed by atoms with Gasteiger partial charge in [-0.25, -0.2) is 4.99 Å². The number of benzene rings is 2. The van der Waals surface area contributed by atoms with E-state index in [0.717, 1.165) is 49.6 Å². The Morgan fingerprint density at radius 3 is 2.64 bits per heavy atom. The molecule has 3 N–H and O–H groups in total. The Hall–Kier alpha value is -2.82. The van der Waals surface area contributed by atoms with Crippen LogP contribution in [0.5, 0.6) is 0 Å². The largest absolute Gasteiger partial charge is 0.357 e. The van der Waals surface area contributed by atoms with Crippen LogP contribution in [0.4, 0.5) is 5.69 Å². The lowest BCUT2D eigenvalue weighted by Gasteiger charge is -2.24. The topological polar surface area (TPSA) is 65.5 Å². The number of hydrogen-bond donors (Lipinski definition) is 3. The molecule has 1 aliphatic carbocycles. The molecule has 1 aliphatic rings.